The van der Waals surface area contributed by atoms with Gasteiger partial charge in [0.1, 0.15) is 11.6 Å². The summed E-state index contributed by atoms with van der Waals surface area (Å²) < 4.78 is 31.8. The number of rotatable bonds is 10. The van der Waals surface area contributed by atoms with E-state index in [0.717, 1.165) is 31.8 Å². The molecule has 0 aliphatic carbocycles. The van der Waals surface area contributed by atoms with Crippen LogP contribution in [0.2, 0.25) is 5.02 Å². The van der Waals surface area contributed by atoms with Crippen molar-refractivity contribution in [3.05, 3.63) is 47.0 Å². The van der Waals surface area contributed by atoms with E-state index < -0.39 is 6.61 Å². The van der Waals surface area contributed by atoms with Gasteiger partial charge in [-0.3, -0.25) is 0 Å². The van der Waals surface area contributed by atoms with E-state index in [1.807, 2.05) is 20.0 Å². The summed E-state index contributed by atoms with van der Waals surface area (Å²) in [6.45, 7) is 3.57. The minimum atomic E-state index is -2.89. The number of nitrogens with zero attached hydrogens (tertiary/aromatic N) is 3. The van der Waals surface area contributed by atoms with E-state index in [1.54, 1.807) is 12.3 Å². The van der Waals surface area contributed by atoms with Crippen LogP contribution in [-0.4, -0.2) is 35.2 Å². The fourth-order valence-electron chi connectivity index (χ4n) is 2.64. The average Bonchev–Trinajstić information content (AvgIpc) is 3.06. The van der Waals surface area contributed by atoms with E-state index in [1.165, 1.54) is 12.1 Å². The molecule has 2 rings (SSSR count). The zero-order valence-corrected chi connectivity index (χ0v) is 16.8. The summed E-state index contributed by atoms with van der Waals surface area (Å²) in [5, 5.41) is 6.84. The maximum Gasteiger partial charge on any atom is 0.387 e. The number of nitrogens with one attached hydrogen (secondary N) is 2. The van der Waals surface area contributed by atoms with Crippen LogP contribution in [0.1, 0.15) is 31.2 Å². The van der Waals surface area contributed by atoms with Crippen LogP contribution in [0, 0.1) is 6.92 Å². The maximum atomic E-state index is 12.6. The Kier molecular flexibility index (Phi) is 9.00. The Bertz CT molecular complexity index is 767. The van der Waals surface area contributed by atoms with Crippen molar-refractivity contribution in [1.29, 1.82) is 0 Å². The molecule has 0 unspecified atom stereocenters. The molecule has 0 saturated carbocycles. The van der Waals surface area contributed by atoms with Crippen LogP contribution in [0.4, 0.5) is 8.78 Å². The molecule has 9 heteroatoms. The number of halogens is 3. The van der Waals surface area contributed by atoms with Gasteiger partial charge in [-0.15, -0.1) is 0 Å². The topological polar surface area (TPSA) is 63.5 Å². The van der Waals surface area contributed by atoms with Crippen molar-refractivity contribution in [3.63, 3.8) is 0 Å². The Morgan fingerprint density at radius 1 is 1.32 bits per heavy atom. The van der Waals surface area contributed by atoms with Gasteiger partial charge in [-0.05, 0) is 44.9 Å². The molecular weight excluding hydrogens is 388 g/mol. The third-order valence-electron chi connectivity index (χ3n) is 4.03. The SMILES string of the molecule is CCNC(=NCc1cc(Cl)ccc1OC(F)F)NCCCCn1ccnc1C. The molecule has 1 aromatic heterocycles. The van der Waals surface area contributed by atoms with Gasteiger partial charge >= 0.3 is 6.61 Å². The zero-order valence-electron chi connectivity index (χ0n) is 16.1. The fourth-order valence-corrected chi connectivity index (χ4v) is 2.84. The van der Waals surface area contributed by atoms with Crippen LogP contribution in [0.3, 0.4) is 0 Å². The van der Waals surface area contributed by atoms with Crippen LogP contribution >= 0.6 is 11.6 Å². The van der Waals surface area contributed by atoms with Gasteiger partial charge in [0, 0.05) is 42.6 Å². The number of imidazole rings is 1. The zero-order chi connectivity index (χ0) is 20.4. The second-order valence-corrected chi connectivity index (χ2v) is 6.56. The molecule has 0 fully saturated rings. The number of alkyl halides is 2. The molecule has 0 saturated heterocycles. The molecule has 1 aromatic carbocycles. The highest BCUT2D eigenvalue weighted by Crippen LogP contribution is 2.25. The van der Waals surface area contributed by atoms with Crippen molar-refractivity contribution in [2.24, 2.45) is 4.99 Å². The van der Waals surface area contributed by atoms with Gasteiger partial charge in [-0.1, -0.05) is 11.6 Å². The third kappa shape index (κ3) is 7.34. The number of unbranched alkanes of at least 4 members (excludes halogenated alkanes) is 1. The minimum Gasteiger partial charge on any atom is -0.434 e. The summed E-state index contributed by atoms with van der Waals surface area (Å²) >= 11 is 5.97. The number of aryl methyl sites for hydroxylation is 2. The molecule has 0 spiro atoms. The van der Waals surface area contributed by atoms with Crippen molar-refractivity contribution in [3.8, 4) is 5.75 Å². The molecule has 0 radical (unpaired) electrons. The number of hydrogen-bond acceptors (Lipinski definition) is 3. The molecule has 28 heavy (non-hydrogen) atoms. The number of benzene rings is 1. The molecule has 0 aliphatic rings. The van der Waals surface area contributed by atoms with Crippen LogP contribution in [-0.2, 0) is 13.1 Å². The predicted molar refractivity (Wildman–Crippen MR) is 107 cm³/mol. The van der Waals surface area contributed by atoms with Gasteiger partial charge in [0.25, 0.3) is 0 Å². The maximum absolute atomic E-state index is 12.6. The van der Waals surface area contributed by atoms with Crippen LogP contribution in [0.25, 0.3) is 0 Å². The lowest BCUT2D eigenvalue weighted by molar-refractivity contribution is -0.0504. The average molecular weight is 414 g/mol. The largest absolute Gasteiger partial charge is 0.434 e. The van der Waals surface area contributed by atoms with E-state index in [0.29, 0.717) is 23.1 Å². The number of guanidine groups is 1. The highest BCUT2D eigenvalue weighted by Gasteiger charge is 2.10. The quantitative estimate of drug-likeness (QED) is 0.351. The second kappa shape index (κ2) is 11.5. The lowest BCUT2D eigenvalue weighted by atomic mass is 10.2. The first kappa shape index (κ1) is 21.9. The van der Waals surface area contributed by atoms with Gasteiger partial charge in [0.05, 0.1) is 6.54 Å². The molecule has 2 N–H and O–H groups in total. The van der Waals surface area contributed by atoms with Crippen molar-refractivity contribution >= 4 is 17.6 Å². The Morgan fingerprint density at radius 3 is 2.82 bits per heavy atom. The molecular formula is C19H26ClF2N5O. The number of hydrogen-bond donors (Lipinski definition) is 2. The Morgan fingerprint density at radius 2 is 2.14 bits per heavy atom. The standard InChI is InChI=1S/C19H26ClF2N5O/c1-3-23-19(25-8-4-5-10-27-11-9-24-14(27)2)26-13-15-12-16(20)6-7-17(15)28-18(21)22/h6-7,9,11-12,18H,3-5,8,10,13H2,1-2H3,(H2,23,25,26). The van der Waals surface area contributed by atoms with Gasteiger partial charge in [0.2, 0.25) is 0 Å². The summed E-state index contributed by atoms with van der Waals surface area (Å²) in [4.78, 5) is 8.65. The fraction of sp³-hybridized carbons (Fsp3) is 0.474. The van der Waals surface area contributed by atoms with Gasteiger partial charge in [-0.25, -0.2) is 9.98 Å². The van der Waals surface area contributed by atoms with Crippen molar-refractivity contribution < 1.29 is 13.5 Å². The van der Waals surface area contributed by atoms with E-state index in [4.69, 9.17) is 11.6 Å². The van der Waals surface area contributed by atoms with E-state index >= 15 is 0 Å². The smallest absolute Gasteiger partial charge is 0.387 e. The molecule has 0 atom stereocenters. The molecule has 0 bridgehead atoms. The van der Waals surface area contributed by atoms with Gasteiger partial charge in [-0.2, -0.15) is 8.78 Å². The predicted octanol–water partition coefficient (Wildman–Crippen LogP) is 3.98. The number of aliphatic imine (C=N–C) groups is 1. The Labute approximate surface area is 169 Å². The first-order chi connectivity index (χ1) is 13.5. The monoisotopic (exact) mass is 413 g/mol. The highest BCUT2D eigenvalue weighted by atomic mass is 35.5. The van der Waals surface area contributed by atoms with Crippen molar-refractivity contribution in [2.75, 3.05) is 13.1 Å². The minimum absolute atomic E-state index is 0.0784. The summed E-state index contributed by atoms with van der Waals surface area (Å²) in [6, 6.07) is 4.52. The van der Waals surface area contributed by atoms with E-state index in [-0.39, 0.29) is 12.3 Å². The molecule has 0 aliphatic heterocycles. The second-order valence-electron chi connectivity index (χ2n) is 6.13. The number of aromatic nitrogens is 2. The summed E-state index contributed by atoms with van der Waals surface area (Å²) in [6.07, 6.45) is 5.73. The molecule has 154 valence electrons. The van der Waals surface area contributed by atoms with Crippen LogP contribution < -0.4 is 15.4 Å². The van der Waals surface area contributed by atoms with Crippen molar-refractivity contribution in [2.45, 2.75) is 46.4 Å². The first-order valence-corrected chi connectivity index (χ1v) is 9.60. The summed E-state index contributed by atoms with van der Waals surface area (Å²) in [5.41, 5.74) is 0.501. The normalized spacial score (nSPS) is 11.7. The lowest BCUT2D eigenvalue weighted by Crippen LogP contribution is -2.37. The van der Waals surface area contributed by atoms with Gasteiger partial charge < -0.3 is 19.9 Å². The van der Waals surface area contributed by atoms with Gasteiger partial charge in [0.15, 0.2) is 5.96 Å². The summed E-state index contributed by atoms with van der Waals surface area (Å²) in [7, 11) is 0. The lowest BCUT2D eigenvalue weighted by Gasteiger charge is -2.13. The third-order valence-corrected chi connectivity index (χ3v) is 4.27. The Balaban J connectivity index is 1.87. The van der Waals surface area contributed by atoms with Crippen LogP contribution in [0.5, 0.6) is 5.75 Å². The first-order valence-electron chi connectivity index (χ1n) is 9.22. The number of ether oxygens (including phenoxy) is 1. The molecule has 2 aromatic rings. The highest BCUT2D eigenvalue weighted by molar-refractivity contribution is 6.30. The van der Waals surface area contributed by atoms with E-state index in [9.17, 15) is 8.78 Å². The molecule has 0 amide bonds. The molecule has 1 heterocycles. The van der Waals surface area contributed by atoms with Crippen LogP contribution in [0.15, 0.2) is 35.6 Å². The van der Waals surface area contributed by atoms with E-state index in [2.05, 4.69) is 29.9 Å². The molecule has 6 nitrogen and oxygen atoms in total. The Hall–Kier alpha value is -2.35. The van der Waals surface area contributed by atoms with Crippen molar-refractivity contribution in [1.82, 2.24) is 20.2 Å². The summed E-state index contributed by atoms with van der Waals surface area (Å²) in [5.74, 6) is 1.70.